The molecule has 0 radical (unpaired) electrons. The molecule has 17 heteroatoms. The van der Waals surface area contributed by atoms with Crippen molar-refractivity contribution >= 4 is 0 Å². The molecule has 102 heavy (non-hydrogen) atoms. The summed E-state index contributed by atoms with van der Waals surface area (Å²) in [5, 5.41) is 0. The Hall–Kier alpha value is -5.11. The van der Waals surface area contributed by atoms with Crippen molar-refractivity contribution in [2.24, 2.45) is 23.7 Å². The van der Waals surface area contributed by atoms with Gasteiger partial charge in [-0.05, 0) is 241 Å². The predicted octanol–water partition coefficient (Wildman–Crippen LogP) is 14.8. The zero-order valence-corrected chi connectivity index (χ0v) is 66.1. The molecule has 2 aliphatic carbocycles. The molecule has 568 valence electrons. The number of nitrogens with zero attached hydrogens (tertiary/aromatic N) is 8. The van der Waals surface area contributed by atoms with Crippen LogP contribution < -0.4 is 37.9 Å². The van der Waals surface area contributed by atoms with Gasteiger partial charge in [-0.3, -0.25) is 19.6 Å². The summed E-state index contributed by atoms with van der Waals surface area (Å²) >= 11 is 0. The Kier molecular flexibility index (Phi) is 27.5. The molecule has 0 bridgehead atoms. The Morgan fingerprint density at radius 3 is 0.902 bits per heavy atom. The van der Waals surface area contributed by atoms with Crippen LogP contribution in [0.15, 0.2) is 48.5 Å². The maximum atomic E-state index is 12.5. The van der Waals surface area contributed by atoms with E-state index in [9.17, 15) is 4.39 Å². The SMILES string of the molecule is CCCOc1cc2c(cc1OC)[C@H]1CN(C)[C@H](CC(C)C)CN1CC2.COc1cc2c(cc1OC1CC1)CCN1C[C@@H](CC(C)C)N(C)C[C@H]21.COc1cc2c(cc1OC1CCCC1)CCN1C[C@@H](CC(C)C)N(C)C[C@H]21.COc1cc2c(cc1OCCF)CCN1C[C@@H](CC(C)C)N(C)C[C@H]21. The van der Waals surface area contributed by atoms with Gasteiger partial charge in [0.15, 0.2) is 46.0 Å². The van der Waals surface area contributed by atoms with Crippen LogP contribution in [0.25, 0.3) is 0 Å². The Labute approximate surface area is 615 Å². The van der Waals surface area contributed by atoms with Crippen LogP contribution in [0.2, 0.25) is 0 Å². The standard InChI is InChI=1S/C23H36N2O2.C21H32N2O2.C21H34N2O2.C20H31FN2O2/c1-16(2)11-18-14-25-10-9-17-12-23(27-19-7-5-6-8-19)22(26-4)13-20(17)21(25)15-24(18)3;1-14(2)9-16-12-23-8-7-15-10-21(25-17-5-6-17)20(24-4)11-18(15)19(23)13-22(16)3;1-6-9-25-21-11-16-7-8-23-13-17(10-15(2)3)22(4)14-19(23)18(16)12-20(21)24-5;1-14(2)9-16-12-23-7-5-15-10-20(25-8-6-21)19(24-4)11-17(15)18(23)13-22(16)3/h12-13,16,18-19,21H,5-11,14-15H2,1-4H3;10-11,14,16-17,19H,5-9,12-13H2,1-4H3;11-12,15,17,19H,6-10,13-14H2,1-5H3;10-11,14,16,18H,5-9,12-13H2,1-4H3/t18-,21-;16-,19-;17-,19-;16-,18-/m1111/s1. The van der Waals surface area contributed by atoms with E-state index in [1.807, 2.05) is 0 Å². The van der Waals surface area contributed by atoms with E-state index in [0.29, 0.717) is 72.0 Å². The summed E-state index contributed by atoms with van der Waals surface area (Å²) in [5.41, 5.74) is 11.3. The number of halogens is 1. The summed E-state index contributed by atoms with van der Waals surface area (Å²) in [5.74, 6) is 9.83. The fourth-order valence-corrected chi connectivity index (χ4v) is 18.3. The molecule has 4 aromatic carbocycles. The van der Waals surface area contributed by atoms with E-state index in [2.05, 4.69) is 178 Å². The lowest BCUT2D eigenvalue weighted by Crippen LogP contribution is -2.55. The second-order valence-corrected chi connectivity index (χ2v) is 33.5. The van der Waals surface area contributed by atoms with Crippen LogP contribution in [0.4, 0.5) is 4.39 Å². The fourth-order valence-electron chi connectivity index (χ4n) is 18.3. The lowest BCUT2D eigenvalue weighted by Gasteiger charge is -2.48. The molecule has 2 saturated carbocycles. The maximum absolute atomic E-state index is 12.5. The van der Waals surface area contributed by atoms with Gasteiger partial charge in [0, 0.05) is 127 Å². The molecular formula is C85H133FN8O8. The molecule has 0 spiro atoms. The molecule has 16 nitrogen and oxygen atoms in total. The monoisotopic (exact) mass is 1410 g/mol. The molecule has 10 aliphatic rings. The third kappa shape index (κ3) is 19.2. The van der Waals surface area contributed by atoms with Crippen LogP contribution in [-0.4, -0.2) is 231 Å². The van der Waals surface area contributed by atoms with Crippen molar-refractivity contribution in [1.29, 1.82) is 0 Å². The molecule has 4 aromatic rings. The first-order valence-electron chi connectivity index (χ1n) is 39.9. The summed E-state index contributed by atoms with van der Waals surface area (Å²) in [6, 6.07) is 22.2. The lowest BCUT2D eigenvalue weighted by molar-refractivity contribution is 0.0294. The van der Waals surface area contributed by atoms with E-state index in [-0.39, 0.29) is 6.61 Å². The molecule has 0 amide bonds. The topological polar surface area (TPSA) is 99.8 Å². The summed E-state index contributed by atoms with van der Waals surface area (Å²) in [6.45, 7) is 34.6. The van der Waals surface area contributed by atoms with Gasteiger partial charge in [-0.1, -0.05) is 62.3 Å². The minimum Gasteiger partial charge on any atom is -0.493 e. The number of benzene rings is 4. The Balaban J connectivity index is 0.000000137. The number of fused-ring (bicyclic) bond motifs is 12. The maximum Gasteiger partial charge on any atom is 0.161 e. The summed E-state index contributed by atoms with van der Waals surface area (Å²) in [4.78, 5) is 20.9. The lowest BCUT2D eigenvalue weighted by atomic mass is 9.88. The van der Waals surface area contributed by atoms with Crippen LogP contribution in [-0.2, 0) is 25.7 Å². The molecule has 0 N–H and O–H groups in total. The van der Waals surface area contributed by atoms with Crippen molar-refractivity contribution in [2.45, 2.75) is 219 Å². The molecule has 0 aromatic heterocycles. The van der Waals surface area contributed by atoms with E-state index in [1.165, 1.54) is 128 Å². The van der Waals surface area contributed by atoms with Gasteiger partial charge in [-0.25, -0.2) is 4.39 Å². The molecule has 8 heterocycles. The number of hydrogen-bond acceptors (Lipinski definition) is 16. The minimum absolute atomic E-state index is 0.0737. The second-order valence-electron chi connectivity index (χ2n) is 33.5. The summed E-state index contributed by atoms with van der Waals surface area (Å²) in [7, 11) is 16.0. The first-order chi connectivity index (χ1) is 49.1. The first-order valence-corrected chi connectivity index (χ1v) is 39.9. The minimum atomic E-state index is -0.487. The Bertz CT molecular complexity index is 3220. The molecular weight excluding hydrogens is 1280 g/mol. The second kappa shape index (κ2) is 36.0. The zero-order chi connectivity index (χ0) is 72.5. The Morgan fingerprint density at radius 2 is 0.637 bits per heavy atom. The van der Waals surface area contributed by atoms with E-state index >= 15 is 0 Å². The molecule has 6 fully saturated rings. The van der Waals surface area contributed by atoms with Gasteiger partial charge in [-0.15, -0.1) is 0 Å². The van der Waals surface area contributed by atoms with E-state index in [1.54, 1.807) is 28.4 Å². The highest BCUT2D eigenvalue weighted by Gasteiger charge is 2.42. The van der Waals surface area contributed by atoms with Crippen molar-refractivity contribution in [3.8, 4) is 46.0 Å². The van der Waals surface area contributed by atoms with Crippen LogP contribution in [0.1, 0.15) is 202 Å². The van der Waals surface area contributed by atoms with Crippen LogP contribution in [0.3, 0.4) is 0 Å². The van der Waals surface area contributed by atoms with Crippen molar-refractivity contribution in [2.75, 3.05) is 155 Å². The highest BCUT2D eigenvalue weighted by Crippen LogP contribution is 2.47. The van der Waals surface area contributed by atoms with Gasteiger partial charge in [-0.2, -0.15) is 0 Å². The van der Waals surface area contributed by atoms with Gasteiger partial charge in [0.25, 0.3) is 0 Å². The van der Waals surface area contributed by atoms with Crippen LogP contribution in [0.5, 0.6) is 46.0 Å². The molecule has 14 rings (SSSR count). The van der Waals surface area contributed by atoms with Gasteiger partial charge in [0.05, 0.1) is 47.3 Å². The van der Waals surface area contributed by atoms with Gasteiger partial charge in [0.1, 0.15) is 13.3 Å². The molecule has 0 unspecified atom stereocenters. The van der Waals surface area contributed by atoms with E-state index < -0.39 is 6.67 Å². The molecule has 8 atom stereocenters. The third-order valence-corrected chi connectivity index (χ3v) is 23.9. The molecule has 8 aliphatic heterocycles. The largest absolute Gasteiger partial charge is 0.493 e. The normalized spacial score (nSPS) is 25.5. The average molecular weight is 1410 g/mol. The van der Waals surface area contributed by atoms with Crippen LogP contribution >= 0.6 is 0 Å². The predicted molar refractivity (Wildman–Crippen MR) is 411 cm³/mol. The highest BCUT2D eigenvalue weighted by molar-refractivity contribution is 5.53. The quantitative estimate of drug-likeness (QED) is 0.0746. The van der Waals surface area contributed by atoms with Crippen molar-refractivity contribution in [1.82, 2.24) is 39.2 Å². The van der Waals surface area contributed by atoms with Crippen LogP contribution in [0, 0.1) is 23.7 Å². The number of likely N-dealkylation sites (N-methyl/N-ethyl adjacent to an activating group) is 4. The van der Waals surface area contributed by atoms with Crippen molar-refractivity contribution in [3.05, 3.63) is 93.0 Å². The highest BCUT2D eigenvalue weighted by atomic mass is 19.1. The first kappa shape index (κ1) is 78.0. The van der Waals surface area contributed by atoms with Gasteiger partial charge < -0.3 is 57.5 Å². The van der Waals surface area contributed by atoms with Gasteiger partial charge in [0.2, 0.25) is 0 Å². The smallest absolute Gasteiger partial charge is 0.161 e. The number of hydrogen-bond donors (Lipinski definition) is 0. The average Bonchev–Trinajstić information content (AvgIpc) is 1.04. The number of ether oxygens (including phenoxy) is 8. The Morgan fingerprint density at radius 1 is 0.363 bits per heavy atom. The summed E-state index contributed by atoms with van der Waals surface area (Å²) in [6.07, 6.45) is 18.5. The summed E-state index contributed by atoms with van der Waals surface area (Å²) < 4.78 is 58.9. The van der Waals surface area contributed by atoms with Crippen molar-refractivity contribution in [3.63, 3.8) is 0 Å². The fraction of sp³-hybridized carbons (Fsp3) is 0.718. The number of rotatable bonds is 22. The van der Waals surface area contributed by atoms with Crippen molar-refractivity contribution < 1.29 is 42.3 Å². The van der Waals surface area contributed by atoms with E-state index in [4.69, 9.17) is 37.9 Å². The number of methoxy groups -OCH3 is 4. The number of piperazine rings is 4. The zero-order valence-electron chi connectivity index (χ0n) is 66.1. The van der Waals surface area contributed by atoms with Gasteiger partial charge >= 0.3 is 0 Å². The van der Waals surface area contributed by atoms with E-state index in [0.717, 1.165) is 156 Å². The number of alkyl halides is 1. The molecule has 4 saturated heterocycles. The third-order valence-electron chi connectivity index (χ3n) is 23.9.